The summed E-state index contributed by atoms with van der Waals surface area (Å²) in [6, 6.07) is -0.944. The Hall–Kier alpha value is -0.720. The number of aliphatic hydroxyl groups excluding tert-OH is 1. The third kappa shape index (κ3) is 1.13. The molecule has 0 radical (unpaired) electrons. The van der Waals surface area contributed by atoms with E-state index in [1.165, 1.54) is 6.92 Å². The molecule has 0 bridgehead atoms. The molecule has 1 fully saturated rings. The summed E-state index contributed by atoms with van der Waals surface area (Å²) in [7, 11) is 0. The Labute approximate surface area is 74.7 Å². The molecule has 0 spiro atoms. The first-order chi connectivity index (χ1) is 5.90. The molecular formula is C7H13FN2O3. The Morgan fingerprint density at radius 3 is 2.62 bits per heavy atom. The third-order valence-electron chi connectivity index (χ3n) is 2.61. The largest absolute Gasteiger partial charge is 0.394 e. The van der Waals surface area contributed by atoms with Gasteiger partial charge in [0.1, 0.15) is 5.54 Å². The summed E-state index contributed by atoms with van der Waals surface area (Å²) in [4.78, 5) is 10.9. The second-order valence-electron chi connectivity index (χ2n) is 3.22. The number of carbonyl (C=O) groups excluding carboxylic acids is 1. The molecule has 3 atom stereocenters. The van der Waals surface area contributed by atoms with Crippen LogP contribution in [0.15, 0.2) is 0 Å². The minimum absolute atomic E-state index is 0.0456. The van der Waals surface area contributed by atoms with E-state index in [4.69, 9.17) is 15.9 Å². The fourth-order valence-corrected chi connectivity index (χ4v) is 1.51. The van der Waals surface area contributed by atoms with Gasteiger partial charge in [-0.05, 0) is 6.42 Å². The first-order valence-corrected chi connectivity index (χ1v) is 4.02. The maximum absolute atomic E-state index is 13.4. The highest BCUT2D eigenvalue weighted by Crippen LogP contribution is 2.33. The van der Waals surface area contributed by atoms with Gasteiger partial charge in [-0.25, -0.2) is 0 Å². The molecule has 3 unspecified atom stereocenters. The molecule has 6 heteroatoms. The van der Waals surface area contributed by atoms with E-state index in [1.807, 2.05) is 0 Å². The van der Waals surface area contributed by atoms with Crippen molar-refractivity contribution in [3.05, 3.63) is 0 Å². The van der Waals surface area contributed by atoms with Gasteiger partial charge in [0.25, 0.3) is 5.91 Å². The van der Waals surface area contributed by atoms with E-state index in [2.05, 4.69) is 5.32 Å². The molecule has 0 aromatic rings. The molecule has 76 valence electrons. The lowest BCUT2D eigenvalue weighted by Crippen LogP contribution is -2.62. The highest BCUT2D eigenvalue weighted by molar-refractivity contribution is 5.88. The van der Waals surface area contributed by atoms with Crippen molar-refractivity contribution in [2.75, 3.05) is 6.61 Å². The normalized spacial score (nSPS) is 45.0. The second-order valence-corrected chi connectivity index (χ2v) is 3.22. The molecule has 13 heavy (non-hydrogen) atoms. The fraction of sp³-hybridized carbons (Fsp3) is 0.857. The smallest absolute Gasteiger partial charge is 0.306 e. The molecule has 1 rings (SSSR count). The van der Waals surface area contributed by atoms with Gasteiger partial charge in [-0.15, -0.1) is 0 Å². The molecular weight excluding hydrogens is 179 g/mol. The average Bonchev–Trinajstić information content (AvgIpc) is 2.26. The summed E-state index contributed by atoms with van der Waals surface area (Å²) in [5, 5.41) is 20.1. The number of rotatable bonds is 2. The van der Waals surface area contributed by atoms with Crippen molar-refractivity contribution < 1.29 is 19.4 Å². The zero-order valence-electron chi connectivity index (χ0n) is 7.25. The van der Waals surface area contributed by atoms with Gasteiger partial charge >= 0.3 is 5.85 Å². The number of aliphatic hydroxyl groups is 2. The maximum atomic E-state index is 13.4. The Balaban J connectivity index is 3.06. The number of carbonyl (C=O) groups is 1. The van der Waals surface area contributed by atoms with Crippen molar-refractivity contribution in [1.29, 1.82) is 0 Å². The number of hydrogen-bond donors (Lipinski definition) is 4. The Morgan fingerprint density at radius 2 is 2.31 bits per heavy atom. The van der Waals surface area contributed by atoms with E-state index in [0.29, 0.717) is 0 Å². The van der Waals surface area contributed by atoms with Gasteiger partial charge in [0.05, 0.1) is 12.6 Å². The minimum Gasteiger partial charge on any atom is -0.394 e. The Bertz CT molecular complexity index is 234. The topological polar surface area (TPSA) is 95.6 Å². The van der Waals surface area contributed by atoms with Gasteiger partial charge in [-0.2, -0.15) is 4.39 Å². The van der Waals surface area contributed by atoms with Crippen LogP contribution in [0.3, 0.4) is 0 Å². The number of amides is 1. The van der Waals surface area contributed by atoms with Gasteiger partial charge < -0.3 is 21.3 Å². The van der Waals surface area contributed by atoms with Crippen molar-refractivity contribution in [2.24, 2.45) is 5.73 Å². The highest BCUT2D eigenvalue weighted by atomic mass is 19.2. The Morgan fingerprint density at radius 1 is 1.77 bits per heavy atom. The molecule has 5 N–H and O–H groups in total. The first kappa shape index (κ1) is 10.4. The lowest BCUT2D eigenvalue weighted by molar-refractivity contribution is -0.167. The van der Waals surface area contributed by atoms with Crippen molar-refractivity contribution in [3.63, 3.8) is 0 Å². The van der Waals surface area contributed by atoms with Crippen molar-refractivity contribution >= 4 is 5.91 Å². The van der Waals surface area contributed by atoms with Crippen LogP contribution in [0.5, 0.6) is 0 Å². The second kappa shape index (κ2) is 2.90. The lowest BCUT2D eigenvalue weighted by atomic mass is 9.85. The van der Waals surface area contributed by atoms with Gasteiger partial charge in [0, 0.05) is 0 Å². The summed E-state index contributed by atoms with van der Waals surface area (Å²) in [6.07, 6.45) is 0.0456. The average molecular weight is 192 g/mol. The maximum Gasteiger partial charge on any atom is 0.306 e. The molecule has 1 saturated heterocycles. The molecule has 1 heterocycles. The molecule has 0 aromatic heterocycles. The highest BCUT2D eigenvalue weighted by Gasteiger charge is 2.63. The molecule has 0 aliphatic carbocycles. The molecule has 1 aliphatic rings. The van der Waals surface area contributed by atoms with E-state index < -0.39 is 29.9 Å². The molecule has 1 aliphatic heterocycles. The molecule has 0 aromatic carbocycles. The van der Waals surface area contributed by atoms with Crippen LogP contribution in [-0.2, 0) is 4.79 Å². The van der Waals surface area contributed by atoms with Gasteiger partial charge in [-0.3, -0.25) is 4.79 Å². The SMILES string of the molecule is CCC1(N)C(CO)NC(=O)C1(O)F. The van der Waals surface area contributed by atoms with Crippen LogP contribution in [-0.4, -0.2) is 40.2 Å². The van der Waals surface area contributed by atoms with E-state index >= 15 is 0 Å². The fourth-order valence-electron chi connectivity index (χ4n) is 1.51. The predicted molar refractivity (Wildman–Crippen MR) is 42.3 cm³/mol. The van der Waals surface area contributed by atoms with Crippen LogP contribution in [0.2, 0.25) is 0 Å². The van der Waals surface area contributed by atoms with E-state index in [9.17, 15) is 9.18 Å². The van der Waals surface area contributed by atoms with Gasteiger partial charge in [-0.1, -0.05) is 6.92 Å². The zero-order valence-corrected chi connectivity index (χ0v) is 7.25. The lowest BCUT2D eigenvalue weighted by Gasteiger charge is -2.32. The van der Waals surface area contributed by atoms with Crippen LogP contribution in [0.25, 0.3) is 0 Å². The van der Waals surface area contributed by atoms with Crippen LogP contribution >= 0.6 is 0 Å². The van der Waals surface area contributed by atoms with Crippen LogP contribution < -0.4 is 11.1 Å². The van der Waals surface area contributed by atoms with Crippen LogP contribution in [0.4, 0.5) is 4.39 Å². The van der Waals surface area contributed by atoms with E-state index in [-0.39, 0.29) is 6.42 Å². The summed E-state index contributed by atoms with van der Waals surface area (Å²) in [5.41, 5.74) is 3.76. The quantitative estimate of drug-likeness (QED) is 0.417. The number of halogens is 1. The van der Waals surface area contributed by atoms with Gasteiger partial charge in [0.15, 0.2) is 0 Å². The number of hydrogen-bond acceptors (Lipinski definition) is 4. The third-order valence-corrected chi connectivity index (χ3v) is 2.61. The number of nitrogens with two attached hydrogens (primary N) is 1. The van der Waals surface area contributed by atoms with Crippen molar-refractivity contribution in [1.82, 2.24) is 5.32 Å². The summed E-state index contributed by atoms with van der Waals surface area (Å²) >= 11 is 0. The van der Waals surface area contributed by atoms with Crippen molar-refractivity contribution in [3.8, 4) is 0 Å². The number of alkyl halides is 1. The first-order valence-electron chi connectivity index (χ1n) is 4.02. The molecule has 0 saturated carbocycles. The molecule has 5 nitrogen and oxygen atoms in total. The summed E-state index contributed by atoms with van der Waals surface area (Å²) in [5.74, 6) is -4.29. The van der Waals surface area contributed by atoms with E-state index in [1.54, 1.807) is 0 Å². The predicted octanol–water partition coefficient (Wildman–Crippen LogP) is -1.76. The van der Waals surface area contributed by atoms with Crippen LogP contribution in [0.1, 0.15) is 13.3 Å². The van der Waals surface area contributed by atoms with Gasteiger partial charge in [0.2, 0.25) is 0 Å². The monoisotopic (exact) mass is 192 g/mol. The standard InChI is InChI=1S/C7H13FN2O3/c1-2-6(9)4(3-11)10-5(12)7(6,8)13/h4,11,13H,2-3,9H2,1H3,(H,10,12). The van der Waals surface area contributed by atoms with E-state index in [0.717, 1.165) is 0 Å². The summed E-state index contributed by atoms with van der Waals surface area (Å²) in [6.45, 7) is 1.04. The zero-order chi connectivity index (χ0) is 10.3. The summed E-state index contributed by atoms with van der Waals surface area (Å²) < 4.78 is 13.4. The number of nitrogens with one attached hydrogen (secondary N) is 1. The minimum atomic E-state index is -3.10. The molecule has 1 amide bonds. The van der Waals surface area contributed by atoms with Crippen LogP contribution in [0, 0.1) is 0 Å². The Kier molecular flexibility index (Phi) is 2.31. The van der Waals surface area contributed by atoms with Crippen molar-refractivity contribution in [2.45, 2.75) is 30.8 Å².